The van der Waals surface area contributed by atoms with Crippen LogP contribution < -0.4 is 0 Å². The molecule has 2 N–H and O–H groups in total. The van der Waals surface area contributed by atoms with Gasteiger partial charge in [0.15, 0.2) is 0 Å². The molecule has 0 aromatic heterocycles. The molecule has 0 radical (unpaired) electrons. The van der Waals surface area contributed by atoms with Gasteiger partial charge in [-0.3, -0.25) is 8.98 Å². The van der Waals surface area contributed by atoms with Crippen LogP contribution >= 0.6 is 10.9 Å². The predicted molar refractivity (Wildman–Crippen MR) is 39.2 cm³/mol. The number of rotatable bonds is 1. The van der Waals surface area contributed by atoms with Gasteiger partial charge < -0.3 is 13.8 Å². The van der Waals surface area contributed by atoms with Gasteiger partial charge in [-0.1, -0.05) is 0 Å². The molecule has 6 heteroatoms. The van der Waals surface area contributed by atoms with E-state index in [2.05, 4.69) is 8.92 Å². The van der Waals surface area contributed by atoms with E-state index in [4.69, 9.17) is 9.11 Å². The Hall–Kier alpha value is -0.300. The second kappa shape index (κ2) is 2.98. The molecule has 11 heavy (non-hydrogen) atoms. The smallest absolute Gasteiger partial charge is 0.303 e. The van der Waals surface area contributed by atoms with E-state index in [1.165, 1.54) is 6.92 Å². The van der Waals surface area contributed by atoms with Gasteiger partial charge >= 0.3 is 5.97 Å². The maximum absolute atomic E-state index is 10.4. The lowest BCUT2D eigenvalue weighted by atomic mass is 10.4. The van der Waals surface area contributed by atoms with Crippen LogP contribution in [0.1, 0.15) is 6.92 Å². The molecule has 1 saturated heterocycles. The van der Waals surface area contributed by atoms with Gasteiger partial charge in [0.25, 0.3) is 0 Å². The molecule has 1 aliphatic heterocycles. The van der Waals surface area contributed by atoms with Crippen LogP contribution in [0.2, 0.25) is 0 Å². The molecule has 0 amide bonds. The van der Waals surface area contributed by atoms with E-state index in [0.717, 1.165) is 0 Å². The standard InChI is InChI=1S/C5H10O5S/c1-4(6)10-5-2-9-11(7,8)3-5/h5,7-8H,2-3H2,1H3. The molecule has 5 nitrogen and oxygen atoms in total. The van der Waals surface area contributed by atoms with Crippen molar-refractivity contribution in [3.8, 4) is 0 Å². The molecular formula is C5H10O5S. The average molecular weight is 182 g/mol. The third-order valence-corrected chi connectivity index (χ3v) is 2.50. The highest BCUT2D eigenvalue weighted by molar-refractivity contribution is 8.20. The lowest BCUT2D eigenvalue weighted by molar-refractivity contribution is -0.145. The van der Waals surface area contributed by atoms with Crippen molar-refractivity contribution >= 4 is 16.8 Å². The molecule has 66 valence electrons. The number of carbonyl (C=O) groups excluding carboxylic acids is 1. The Morgan fingerprint density at radius 2 is 2.36 bits per heavy atom. The summed E-state index contributed by atoms with van der Waals surface area (Å²) < 4.78 is 27.1. The molecule has 1 heterocycles. The molecule has 0 aromatic rings. The first kappa shape index (κ1) is 8.79. The SMILES string of the molecule is CC(=O)OC1COS(O)(O)C1. The average Bonchev–Trinajstić information content (AvgIpc) is 2.08. The highest BCUT2D eigenvalue weighted by Crippen LogP contribution is 2.45. The first-order valence-electron chi connectivity index (χ1n) is 3.07. The van der Waals surface area contributed by atoms with Crippen molar-refractivity contribution < 1.29 is 22.8 Å². The Balaban J connectivity index is 2.36. The predicted octanol–water partition coefficient (Wildman–Crippen LogP) is 0.614. The first-order chi connectivity index (χ1) is 4.99. The summed E-state index contributed by atoms with van der Waals surface area (Å²) >= 11 is 0. The fourth-order valence-electron chi connectivity index (χ4n) is 0.826. The summed E-state index contributed by atoms with van der Waals surface area (Å²) in [6, 6.07) is 0. The van der Waals surface area contributed by atoms with Gasteiger partial charge in [0, 0.05) is 6.92 Å². The van der Waals surface area contributed by atoms with E-state index in [-0.39, 0.29) is 12.4 Å². The number of hydrogen-bond donors (Lipinski definition) is 2. The van der Waals surface area contributed by atoms with Crippen LogP contribution in [-0.2, 0) is 13.7 Å². The number of carbonyl (C=O) groups is 1. The summed E-state index contributed by atoms with van der Waals surface area (Å²) in [6.07, 6.45) is -0.502. The van der Waals surface area contributed by atoms with Crippen molar-refractivity contribution in [3.63, 3.8) is 0 Å². The minimum absolute atomic E-state index is 0.00736. The highest BCUT2D eigenvalue weighted by Gasteiger charge is 2.34. The van der Waals surface area contributed by atoms with Gasteiger partial charge in [0.1, 0.15) is 12.7 Å². The number of esters is 1. The zero-order valence-electron chi connectivity index (χ0n) is 6.02. The van der Waals surface area contributed by atoms with Crippen LogP contribution in [-0.4, -0.2) is 33.5 Å². The van der Waals surface area contributed by atoms with E-state index in [0.29, 0.717) is 0 Å². The highest BCUT2D eigenvalue weighted by atomic mass is 32.3. The molecule has 0 saturated carbocycles. The molecular weight excluding hydrogens is 172 g/mol. The van der Waals surface area contributed by atoms with E-state index in [1.807, 2.05) is 0 Å². The van der Waals surface area contributed by atoms with Gasteiger partial charge in [-0.2, -0.15) is 0 Å². The quantitative estimate of drug-likeness (QED) is 0.581. The molecule has 1 rings (SSSR count). The summed E-state index contributed by atoms with van der Waals surface area (Å²) in [4.78, 5) is 10.4. The maximum Gasteiger partial charge on any atom is 0.303 e. The minimum atomic E-state index is -2.92. The maximum atomic E-state index is 10.4. The Kier molecular flexibility index (Phi) is 2.38. The molecule has 1 fully saturated rings. The molecule has 1 atom stereocenters. The molecule has 1 unspecified atom stereocenters. The molecule has 1 aliphatic rings. The monoisotopic (exact) mass is 182 g/mol. The van der Waals surface area contributed by atoms with Crippen LogP contribution in [0.3, 0.4) is 0 Å². The summed E-state index contributed by atoms with van der Waals surface area (Å²) in [6.45, 7) is 1.34. The Morgan fingerprint density at radius 1 is 1.73 bits per heavy atom. The van der Waals surface area contributed by atoms with Crippen molar-refractivity contribution in [3.05, 3.63) is 0 Å². The van der Waals surface area contributed by atoms with Gasteiger partial charge in [-0.25, -0.2) is 0 Å². The molecule has 0 aromatic carbocycles. The molecule has 0 bridgehead atoms. The second-order valence-electron chi connectivity index (χ2n) is 2.29. The van der Waals surface area contributed by atoms with Gasteiger partial charge in [0.05, 0.1) is 16.6 Å². The lowest BCUT2D eigenvalue weighted by Crippen LogP contribution is -2.19. The zero-order chi connectivity index (χ0) is 8.48. The van der Waals surface area contributed by atoms with Crippen LogP contribution in [0.5, 0.6) is 0 Å². The van der Waals surface area contributed by atoms with Gasteiger partial charge in [0.2, 0.25) is 0 Å². The summed E-state index contributed by atoms with van der Waals surface area (Å²) in [5, 5.41) is 0. The minimum Gasteiger partial charge on any atom is -0.459 e. The van der Waals surface area contributed by atoms with Gasteiger partial charge in [-0.05, 0) is 0 Å². The van der Waals surface area contributed by atoms with Crippen molar-refractivity contribution in [2.45, 2.75) is 13.0 Å². The normalized spacial score (nSPS) is 31.4. The second-order valence-corrected chi connectivity index (χ2v) is 4.07. The zero-order valence-corrected chi connectivity index (χ0v) is 6.84. The molecule has 0 aliphatic carbocycles. The summed E-state index contributed by atoms with van der Waals surface area (Å²) in [7, 11) is -2.92. The van der Waals surface area contributed by atoms with Crippen LogP contribution in [0.25, 0.3) is 0 Å². The van der Waals surface area contributed by atoms with E-state index < -0.39 is 22.9 Å². The summed E-state index contributed by atoms with van der Waals surface area (Å²) in [5.41, 5.74) is 0. The number of ether oxygens (including phenoxy) is 1. The van der Waals surface area contributed by atoms with E-state index in [1.54, 1.807) is 0 Å². The van der Waals surface area contributed by atoms with Crippen LogP contribution in [0.4, 0.5) is 0 Å². The van der Waals surface area contributed by atoms with Crippen LogP contribution in [0, 0.1) is 0 Å². The third-order valence-electron chi connectivity index (χ3n) is 1.18. The lowest BCUT2D eigenvalue weighted by Gasteiger charge is -2.17. The van der Waals surface area contributed by atoms with Crippen LogP contribution in [0.15, 0.2) is 0 Å². The largest absolute Gasteiger partial charge is 0.459 e. The topological polar surface area (TPSA) is 76.0 Å². The fourth-order valence-corrected chi connectivity index (χ4v) is 1.94. The van der Waals surface area contributed by atoms with E-state index in [9.17, 15) is 4.79 Å². The van der Waals surface area contributed by atoms with E-state index >= 15 is 0 Å². The van der Waals surface area contributed by atoms with Gasteiger partial charge in [-0.15, -0.1) is 0 Å². The fraction of sp³-hybridized carbons (Fsp3) is 0.800. The summed E-state index contributed by atoms with van der Waals surface area (Å²) in [5.74, 6) is -0.442. The van der Waals surface area contributed by atoms with Crippen molar-refractivity contribution in [1.29, 1.82) is 0 Å². The first-order valence-corrected chi connectivity index (χ1v) is 4.71. The third kappa shape index (κ3) is 2.66. The van der Waals surface area contributed by atoms with Crippen molar-refractivity contribution in [1.82, 2.24) is 0 Å². The molecule has 0 spiro atoms. The number of hydrogen-bond acceptors (Lipinski definition) is 5. The Morgan fingerprint density at radius 3 is 2.73 bits per heavy atom. The van der Waals surface area contributed by atoms with Crippen molar-refractivity contribution in [2.24, 2.45) is 0 Å². The Labute approximate surface area is 65.9 Å². The van der Waals surface area contributed by atoms with Crippen molar-refractivity contribution in [2.75, 3.05) is 12.4 Å². The Bertz CT molecular complexity index is 168.